The summed E-state index contributed by atoms with van der Waals surface area (Å²) >= 11 is 1.16. The second kappa shape index (κ2) is 6.00. The zero-order chi connectivity index (χ0) is 15.6. The second-order valence-electron chi connectivity index (χ2n) is 4.28. The first kappa shape index (κ1) is 15.7. The van der Waals surface area contributed by atoms with Gasteiger partial charge < -0.3 is 9.84 Å². The molecule has 21 heavy (non-hydrogen) atoms. The predicted octanol–water partition coefficient (Wildman–Crippen LogP) is 2.50. The molecule has 114 valence electrons. The maximum absolute atomic E-state index is 13.6. The summed E-state index contributed by atoms with van der Waals surface area (Å²) in [7, 11) is -2.56. The Morgan fingerprint density at radius 1 is 1.43 bits per heavy atom. The molecule has 8 heteroatoms. The van der Waals surface area contributed by atoms with Crippen molar-refractivity contribution in [1.29, 1.82) is 0 Å². The highest BCUT2D eigenvalue weighted by Gasteiger charge is 2.23. The van der Waals surface area contributed by atoms with E-state index in [0.717, 1.165) is 17.4 Å². The van der Waals surface area contributed by atoms with Crippen molar-refractivity contribution in [3.8, 4) is 5.75 Å². The lowest BCUT2D eigenvalue weighted by atomic mass is 10.3. The zero-order valence-corrected chi connectivity index (χ0v) is 13.0. The fourth-order valence-electron chi connectivity index (χ4n) is 1.89. The van der Waals surface area contributed by atoms with Gasteiger partial charge in [-0.15, -0.1) is 11.3 Å². The van der Waals surface area contributed by atoms with E-state index < -0.39 is 15.8 Å². The Morgan fingerprint density at radius 3 is 2.71 bits per heavy atom. The average Bonchev–Trinajstić information content (AvgIpc) is 2.80. The number of aliphatic hydroxyl groups is 1. The summed E-state index contributed by atoms with van der Waals surface area (Å²) in [6.07, 6.45) is 0. The molecule has 0 aliphatic carbocycles. The summed E-state index contributed by atoms with van der Waals surface area (Å²) in [6, 6.07) is 3.77. The number of anilines is 1. The molecule has 0 bridgehead atoms. The maximum atomic E-state index is 13.6. The van der Waals surface area contributed by atoms with Crippen molar-refractivity contribution in [1.82, 2.24) is 0 Å². The molecule has 0 atom stereocenters. The fourth-order valence-corrected chi connectivity index (χ4v) is 4.61. The van der Waals surface area contributed by atoms with Crippen molar-refractivity contribution in [2.45, 2.75) is 18.4 Å². The highest BCUT2D eigenvalue weighted by atomic mass is 32.2. The lowest BCUT2D eigenvalue weighted by molar-refractivity contribution is 0.282. The molecule has 0 saturated heterocycles. The van der Waals surface area contributed by atoms with E-state index in [4.69, 9.17) is 4.74 Å². The molecule has 1 heterocycles. The van der Waals surface area contributed by atoms with E-state index in [1.807, 2.05) is 0 Å². The molecule has 1 aromatic heterocycles. The van der Waals surface area contributed by atoms with Gasteiger partial charge in [0.1, 0.15) is 4.90 Å². The number of sulfonamides is 1. The van der Waals surface area contributed by atoms with Crippen LogP contribution in [-0.2, 0) is 16.6 Å². The minimum Gasteiger partial charge on any atom is -0.494 e. The topological polar surface area (TPSA) is 75.6 Å². The molecule has 0 aliphatic heterocycles. The first-order chi connectivity index (χ1) is 9.89. The number of aliphatic hydroxyl groups excluding tert-OH is 1. The lowest BCUT2D eigenvalue weighted by Gasteiger charge is -2.10. The Morgan fingerprint density at radius 2 is 2.14 bits per heavy atom. The van der Waals surface area contributed by atoms with Gasteiger partial charge in [-0.1, -0.05) is 0 Å². The third-order valence-electron chi connectivity index (χ3n) is 2.81. The second-order valence-corrected chi connectivity index (χ2v) is 6.87. The molecule has 0 fully saturated rings. The van der Waals surface area contributed by atoms with Crippen LogP contribution < -0.4 is 9.46 Å². The van der Waals surface area contributed by atoms with Crippen molar-refractivity contribution in [2.75, 3.05) is 11.8 Å². The summed E-state index contributed by atoms with van der Waals surface area (Å²) < 4.78 is 45.4. The number of ether oxygens (including phenoxy) is 1. The van der Waals surface area contributed by atoms with Crippen LogP contribution in [0, 0.1) is 12.7 Å². The van der Waals surface area contributed by atoms with Crippen LogP contribution in [0.5, 0.6) is 5.75 Å². The van der Waals surface area contributed by atoms with Crippen LogP contribution in [0.3, 0.4) is 0 Å². The molecule has 0 radical (unpaired) electrons. The van der Waals surface area contributed by atoms with E-state index in [1.54, 1.807) is 12.3 Å². The van der Waals surface area contributed by atoms with Gasteiger partial charge in [-0.05, 0) is 30.0 Å². The minimum atomic E-state index is -3.89. The first-order valence-electron chi connectivity index (χ1n) is 5.93. The van der Waals surface area contributed by atoms with Crippen LogP contribution >= 0.6 is 11.3 Å². The van der Waals surface area contributed by atoms with Gasteiger partial charge >= 0.3 is 0 Å². The van der Waals surface area contributed by atoms with Gasteiger partial charge in [0.2, 0.25) is 0 Å². The summed E-state index contributed by atoms with van der Waals surface area (Å²) in [5.41, 5.74) is 0.619. The molecule has 0 unspecified atom stereocenters. The molecule has 0 aliphatic rings. The number of nitrogens with one attached hydrogen (secondary N) is 1. The van der Waals surface area contributed by atoms with Crippen molar-refractivity contribution in [2.24, 2.45) is 0 Å². The van der Waals surface area contributed by atoms with Gasteiger partial charge in [-0.25, -0.2) is 12.8 Å². The van der Waals surface area contributed by atoms with Gasteiger partial charge in [0.05, 0.1) is 24.3 Å². The van der Waals surface area contributed by atoms with Crippen LogP contribution in [0.4, 0.5) is 10.1 Å². The summed E-state index contributed by atoms with van der Waals surface area (Å²) in [6.45, 7) is 1.27. The predicted molar refractivity (Wildman–Crippen MR) is 78.7 cm³/mol. The molecule has 2 aromatic rings. The van der Waals surface area contributed by atoms with Crippen molar-refractivity contribution in [3.05, 3.63) is 39.8 Å². The Balaban J connectivity index is 2.37. The number of hydrogen-bond donors (Lipinski definition) is 2. The number of aryl methyl sites for hydroxylation is 1. The Hall–Kier alpha value is -1.64. The summed E-state index contributed by atoms with van der Waals surface area (Å²) in [5, 5.41) is 10.9. The molecule has 5 nitrogen and oxygen atoms in total. The van der Waals surface area contributed by atoms with Crippen LogP contribution in [-0.4, -0.2) is 20.6 Å². The third kappa shape index (κ3) is 3.17. The molecule has 2 N–H and O–H groups in total. The van der Waals surface area contributed by atoms with E-state index in [-0.39, 0.29) is 22.9 Å². The molecule has 0 amide bonds. The van der Waals surface area contributed by atoms with Crippen LogP contribution in [0.2, 0.25) is 0 Å². The van der Waals surface area contributed by atoms with Gasteiger partial charge in [0, 0.05) is 6.07 Å². The summed E-state index contributed by atoms with van der Waals surface area (Å²) in [5.74, 6) is -0.636. The lowest BCUT2D eigenvalue weighted by Crippen LogP contribution is -2.15. The maximum Gasteiger partial charge on any atom is 0.263 e. The standard InChI is InChI=1S/C13H14FNO4S2/c1-8-7-20-12(6-16)13(8)21(17,18)15-9-3-4-11(19-2)10(14)5-9/h3-5,7,15-16H,6H2,1-2H3. The van der Waals surface area contributed by atoms with Gasteiger partial charge in [-0.2, -0.15) is 0 Å². The van der Waals surface area contributed by atoms with E-state index in [0.29, 0.717) is 10.4 Å². The molecule has 2 rings (SSSR count). The average molecular weight is 331 g/mol. The van der Waals surface area contributed by atoms with Gasteiger partial charge in [-0.3, -0.25) is 4.72 Å². The van der Waals surface area contributed by atoms with Crippen LogP contribution in [0.1, 0.15) is 10.4 Å². The van der Waals surface area contributed by atoms with Crippen LogP contribution in [0.15, 0.2) is 28.5 Å². The number of thiophene rings is 1. The molecule has 1 aromatic carbocycles. The smallest absolute Gasteiger partial charge is 0.263 e. The highest BCUT2D eigenvalue weighted by Crippen LogP contribution is 2.29. The number of rotatable bonds is 5. The largest absolute Gasteiger partial charge is 0.494 e. The Bertz CT molecular complexity index is 756. The number of methoxy groups -OCH3 is 1. The van der Waals surface area contributed by atoms with E-state index in [1.165, 1.54) is 19.2 Å². The molecule has 0 spiro atoms. The normalized spacial score (nSPS) is 11.4. The quantitative estimate of drug-likeness (QED) is 0.883. The third-order valence-corrected chi connectivity index (χ3v) is 5.63. The first-order valence-corrected chi connectivity index (χ1v) is 8.29. The van der Waals surface area contributed by atoms with Crippen molar-refractivity contribution < 1.29 is 22.7 Å². The van der Waals surface area contributed by atoms with E-state index in [2.05, 4.69) is 4.72 Å². The zero-order valence-electron chi connectivity index (χ0n) is 11.4. The van der Waals surface area contributed by atoms with E-state index in [9.17, 15) is 17.9 Å². The number of benzene rings is 1. The SMILES string of the molecule is COc1ccc(NS(=O)(=O)c2c(C)csc2CO)cc1F. The highest BCUT2D eigenvalue weighted by molar-refractivity contribution is 7.93. The minimum absolute atomic E-state index is 0.0284. The van der Waals surface area contributed by atoms with E-state index >= 15 is 0 Å². The number of halogens is 1. The summed E-state index contributed by atoms with van der Waals surface area (Å²) in [4.78, 5) is 0.375. The van der Waals surface area contributed by atoms with Crippen molar-refractivity contribution in [3.63, 3.8) is 0 Å². The fraction of sp³-hybridized carbons (Fsp3) is 0.231. The van der Waals surface area contributed by atoms with Gasteiger partial charge in [0.25, 0.3) is 10.0 Å². The Labute approximate surface area is 126 Å². The monoisotopic (exact) mass is 331 g/mol. The number of hydrogen-bond acceptors (Lipinski definition) is 5. The Kier molecular flexibility index (Phi) is 4.50. The molecule has 0 saturated carbocycles. The van der Waals surface area contributed by atoms with Crippen molar-refractivity contribution >= 4 is 27.0 Å². The molecular weight excluding hydrogens is 317 g/mol. The van der Waals surface area contributed by atoms with Crippen LogP contribution in [0.25, 0.3) is 0 Å². The molecular formula is C13H14FNO4S2. The van der Waals surface area contributed by atoms with Gasteiger partial charge in [0.15, 0.2) is 11.6 Å².